The lowest BCUT2D eigenvalue weighted by molar-refractivity contribution is -0.122. The fraction of sp³-hybridized carbons (Fsp3) is 0.800. The van der Waals surface area contributed by atoms with Crippen LogP contribution in [0.2, 0.25) is 0 Å². The lowest BCUT2D eigenvalue weighted by Gasteiger charge is -2.34. The second-order valence-corrected chi connectivity index (χ2v) is 6.75. The standard InChI is InChI=1S/C15H24N2O3/c1-15(2,3)20-14(19)17-11-8-6-5-7-10(11)9-12(17)13(18)16-4/h10-12H,4-9H2,1-3H3/t10-,11-,12-/m1/s1. The number of ether oxygens (including phenoxy) is 1. The van der Waals surface area contributed by atoms with Crippen molar-refractivity contribution >= 4 is 18.7 Å². The summed E-state index contributed by atoms with van der Waals surface area (Å²) in [4.78, 5) is 29.5. The highest BCUT2D eigenvalue weighted by Gasteiger charge is 2.48. The molecular formula is C15H24N2O3. The van der Waals surface area contributed by atoms with Crippen LogP contribution in [-0.2, 0) is 9.53 Å². The molecule has 1 aliphatic heterocycles. The quantitative estimate of drug-likeness (QED) is 0.694. The van der Waals surface area contributed by atoms with Gasteiger partial charge in [-0.2, -0.15) is 0 Å². The van der Waals surface area contributed by atoms with Gasteiger partial charge < -0.3 is 4.74 Å². The van der Waals surface area contributed by atoms with Crippen LogP contribution in [0.25, 0.3) is 0 Å². The Balaban J connectivity index is 2.21. The molecule has 0 spiro atoms. The number of carbonyl (C=O) groups is 2. The number of carbonyl (C=O) groups excluding carboxylic acids is 2. The van der Waals surface area contributed by atoms with E-state index in [9.17, 15) is 9.59 Å². The third-order valence-electron chi connectivity index (χ3n) is 4.13. The van der Waals surface area contributed by atoms with Crippen molar-refractivity contribution in [2.75, 3.05) is 0 Å². The van der Waals surface area contributed by atoms with E-state index < -0.39 is 17.7 Å². The van der Waals surface area contributed by atoms with Gasteiger partial charge in [-0.3, -0.25) is 9.69 Å². The van der Waals surface area contributed by atoms with Gasteiger partial charge in [0, 0.05) is 6.04 Å². The molecule has 1 saturated heterocycles. The fourth-order valence-corrected chi connectivity index (χ4v) is 3.36. The molecule has 0 aromatic rings. The van der Waals surface area contributed by atoms with Crippen LogP contribution < -0.4 is 0 Å². The highest BCUT2D eigenvalue weighted by atomic mass is 16.6. The van der Waals surface area contributed by atoms with E-state index in [1.807, 2.05) is 20.8 Å². The molecule has 0 aromatic carbocycles. The van der Waals surface area contributed by atoms with Gasteiger partial charge in [-0.15, -0.1) is 0 Å². The largest absolute Gasteiger partial charge is 0.444 e. The molecule has 0 bridgehead atoms. The summed E-state index contributed by atoms with van der Waals surface area (Å²) in [6, 6.07) is -0.371. The van der Waals surface area contributed by atoms with Crippen LogP contribution in [0.4, 0.5) is 4.79 Å². The zero-order chi connectivity index (χ0) is 14.9. The Bertz CT molecular complexity index is 414. The Labute approximate surface area is 120 Å². The van der Waals surface area contributed by atoms with Crippen LogP contribution in [0.15, 0.2) is 4.99 Å². The molecule has 2 fully saturated rings. The molecule has 0 unspecified atom stereocenters. The predicted octanol–water partition coefficient (Wildman–Crippen LogP) is 2.78. The van der Waals surface area contributed by atoms with Gasteiger partial charge in [0.1, 0.15) is 11.6 Å². The van der Waals surface area contributed by atoms with Crippen molar-refractivity contribution in [3.8, 4) is 0 Å². The van der Waals surface area contributed by atoms with Crippen molar-refractivity contribution in [1.29, 1.82) is 0 Å². The van der Waals surface area contributed by atoms with Gasteiger partial charge in [-0.1, -0.05) is 12.8 Å². The number of aliphatic imine (C=N–C) groups is 1. The number of nitrogens with zero attached hydrogens (tertiary/aromatic N) is 2. The summed E-state index contributed by atoms with van der Waals surface area (Å²) in [5, 5.41) is 0. The summed E-state index contributed by atoms with van der Waals surface area (Å²) in [6.45, 7) is 8.82. The molecule has 0 aromatic heterocycles. The molecule has 0 radical (unpaired) electrons. The number of likely N-dealkylation sites (tertiary alicyclic amines) is 1. The molecule has 20 heavy (non-hydrogen) atoms. The van der Waals surface area contributed by atoms with E-state index >= 15 is 0 Å². The molecule has 112 valence electrons. The minimum Gasteiger partial charge on any atom is -0.444 e. The zero-order valence-corrected chi connectivity index (χ0v) is 12.6. The Hall–Kier alpha value is -1.39. The molecule has 2 amide bonds. The van der Waals surface area contributed by atoms with Gasteiger partial charge in [-0.05, 0) is 52.7 Å². The van der Waals surface area contributed by atoms with Gasteiger partial charge in [0.05, 0.1) is 0 Å². The van der Waals surface area contributed by atoms with Crippen molar-refractivity contribution in [3.05, 3.63) is 0 Å². The SMILES string of the molecule is C=NC(=O)[C@H]1C[C@H]2CCCC[C@H]2N1C(=O)OC(C)(C)C. The molecule has 1 heterocycles. The van der Waals surface area contributed by atoms with Crippen LogP contribution >= 0.6 is 0 Å². The molecule has 1 aliphatic carbocycles. The molecule has 5 heteroatoms. The zero-order valence-electron chi connectivity index (χ0n) is 12.6. The minimum atomic E-state index is -0.557. The Morgan fingerprint density at radius 1 is 1.25 bits per heavy atom. The number of hydrogen-bond acceptors (Lipinski definition) is 3. The second kappa shape index (κ2) is 5.54. The van der Waals surface area contributed by atoms with Crippen LogP contribution in [0.3, 0.4) is 0 Å². The number of hydrogen-bond donors (Lipinski definition) is 0. The van der Waals surface area contributed by atoms with E-state index in [1.165, 1.54) is 6.42 Å². The lowest BCUT2D eigenvalue weighted by atomic mass is 9.85. The first-order valence-corrected chi connectivity index (χ1v) is 7.35. The third kappa shape index (κ3) is 3.02. The third-order valence-corrected chi connectivity index (χ3v) is 4.13. The van der Waals surface area contributed by atoms with E-state index in [0.717, 1.165) is 19.3 Å². The van der Waals surface area contributed by atoms with Gasteiger partial charge in [-0.25, -0.2) is 9.79 Å². The summed E-state index contributed by atoms with van der Waals surface area (Å²) in [5.74, 6) is 0.0808. The van der Waals surface area contributed by atoms with E-state index in [2.05, 4.69) is 11.7 Å². The molecule has 0 N–H and O–H groups in total. The van der Waals surface area contributed by atoms with Crippen LogP contribution in [0, 0.1) is 5.92 Å². The average Bonchev–Trinajstić information content (AvgIpc) is 2.75. The van der Waals surface area contributed by atoms with Gasteiger partial charge >= 0.3 is 6.09 Å². The highest BCUT2D eigenvalue weighted by molar-refractivity contribution is 5.89. The maximum absolute atomic E-state index is 12.4. The molecule has 2 rings (SSSR count). The van der Waals surface area contributed by atoms with Crippen LogP contribution in [0.5, 0.6) is 0 Å². The molecule has 2 aliphatic rings. The molecular weight excluding hydrogens is 256 g/mol. The van der Waals surface area contributed by atoms with E-state index in [1.54, 1.807) is 4.90 Å². The Kier molecular flexibility index (Phi) is 4.16. The van der Waals surface area contributed by atoms with Crippen molar-refractivity contribution < 1.29 is 14.3 Å². The van der Waals surface area contributed by atoms with Gasteiger partial charge in [0.15, 0.2) is 0 Å². The highest BCUT2D eigenvalue weighted by Crippen LogP contribution is 2.40. The Morgan fingerprint density at radius 2 is 1.90 bits per heavy atom. The van der Waals surface area contributed by atoms with Gasteiger partial charge in [0.25, 0.3) is 5.91 Å². The number of rotatable bonds is 1. The van der Waals surface area contributed by atoms with Crippen molar-refractivity contribution in [1.82, 2.24) is 4.90 Å². The van der Waals surface area contributed by atoms with Crippen molar-refractivity contribution in [3.63, 3.8) is 0 Å². The smallest absolute Gasteiger partial charge is 0.411 e. The van der Waals surface area contributed by atoms with Crippen LogP contribution in [-0.4, -0.2) is 41.3 Å². The summed E-state index contributed by atoms with van der Waals surface area (Å²) in [6.07, 6.45) is 4.60. The first-order valence-electron chi connectivity index (χ1n) is 7.35. The number of fused-ring (bicyclic) bond motifs is 1. The van der Waals surface area contributed by atoms with E-state index in [-0.39, 0.29) is 11.9 Å². The predicted molar refractivity (Wildman–Crippen MR) is 76.8 cm³/mol. The van der Waals surface area contributed by atoms with E-state index in [0.29, 0.717) is 12.3 Å². The molecule has 5 nitrogen and oxygen atoms in total. The first kappa shape index (κ1) is 15.0. The summed E-state index contributed by atoms with van der Waals surface area (Å²) >= 11 is 0. The van der Waals surface area contributed by atoms with Crippen molar-refractivity contribution in [2.45, 2.75) is 70.6 Å². The Morgan fingerprint density at radius 3 is 2.50 bits per heavy atom. The summed E-state index contributed by atoms with van der Waals surface area (Å²) < 4.78 is 5.47. The maximum Gasteiger partial charge on any atom is 0.411 e. The molecule has 1 saturated carbocycles. The number of amides is 2. The minimum absolute atomic E-state index is 0.120. The normalized spacial score (nSPS) is 29.8. The monoisotopic (exact) mass is 280 g/mol. The first-order chi connectivity index (χ1) is 9.33. The fourth-order valence-electron chi connectivity index (χ4n) is 3.36. The summed E-state index contributed by atoms with van der Waals surface area (Å²) in [7, 11) is 0. The van der Waals surface area contributed by atoms with Crippen molar-refractivity contribution in [2.24, 2.45) is 10.9 Å². The average molecular weight is 280 g/mol. The topological polar surface area (TPSA) is 59.0 Å². The lowest BCUT2D eigenvalue weighted by Crippen LogP contribution is -2.48. The van der Waals surface area contributed by atoms with E-state index in [4.69, 9.17) is 4.74 Å². The molecule has 3 atom stereocenters. The summed E-state index contributed by atoms with van der Waals surface area (Å²) in [5.41, 5.74) is -0.557. The van der Waals surface area contributed by atoms with Crippen LogP contribution in [0.1, 0.15) is 52.9 Å². The second-order valence-electron chi connectivity index (χ2n) is 6.75. The van der Waals surface area contributed by atoms with Gasteiger partial charge in [0.2, 0.25) is 0 Å². The maximum atomic E-state index is 12.4.